The molecule has 6 N–H and O–H groups in total. The van der Waals surface area contributed by atoms with E-state index in [1.54, 1.807) is 18.3 Å². The molecule has 3 aromatic heterocycles. The number of hydrazine groups is 1. The molecule has 0 spiro atoms. The number of carboxylic acid groups (broad SMARTS) is 1. The van der Waals surface area contributed by atoms with Crippen molar-refractivity contribution in [1.29, 1.82) is 0 Å². The highest BCUT2D eigenvalue weighted by Crippen LogP contribution is 2.17. The van der Waals surface area contributed by atoms with E-state index in [-0.39, 0.29) is 29.9 Å². The molecule has 3 amide bonds. The molecule has 42 heavy (non-hydrogen) atoms. The number of nitrogen functional groups attached to an aromatic ring is 1. The van der Waals surface area contributed by atoms with Crippen molar-refractivity contribution in [3.05, 3.63) is 77.8 Å². The molecule has 0 saturated heterocycles. The molecule has 3 heterocycles. The number of fused-ring (bicyclic) bond motifs is 1. The Hall–Kier alpha value is -5.80. The molecule has 16 heteroatoms. The number of nitrogens with zero attached hydrogens (tertiary/aromatic N) is 6. The molecular formula is C26H25FN10O5. The van der Waals surface area contributed by atoms with E-state index in [1.165, 1.54) is 24.4 Å². The van der Waals surface area contributed by atoms with Gasteiger partial charge in [0, 0.05) is 42.5 Å². The average molecular weight is 576 g/mol. The van der Waals surface area contributed by atoms with E-state index >= 15 is 0 Å². The minimum atomic E-state index is -1.37. The lowest BCUT2D eigenvalue weighted by molar-refractivity contribution is -0.139. The van der Waals surface area contributed by atoms with Crippen molar-refractivity contribution in [3.63, 3.8) is 0 Å². The third-order valence-corrected chi connectivity index (χ3v) is 5.91. The summed E-state index contributed by atoms with van der Waals surface area (Å²) in [5, 5.41) is 11.9. The summed E-state index contributed by atoms with van der Waals surface area (Å²) in [6.45, 7) is 0.391. The number of amides is 3. The number of hydrogen-bond acceptors (Lipinski definition) is 11. The Morgan fingerprint density at radius 2 is 1.74 bits per heavy atom. The molecule has 0 radical (unpaired) electrons. The van der Waals surface area contributed by atoms with Crippen LogP contribution in [0.2, 0.25) is 0 Å². The number of aliphatic carboxylic acids is 1. The number of nitrogens with one attached hydrogen (secondary N) is 3. The van der Waals surface area contributed by atoms with Crippen molar-refractivity contribution in [1.82, 2.24) is 41.1 Å². The molecule has 216 valence electrons. The van der Waals surface area contributed by atoms with Crippen LogP contribution in [0, 0.1) is 5.95 Å². The van der Waals surface area contributed by atoms with Crippen LogP contribution in [0.15, 0.2) is 55.0 Å². The second-order valence-electron chi connectivity index (χ2n) is 8.97. The average Bonchev–Trinajstić information content (AvgIpc) is 2.97. The first-order valence-electron chi connectivity index (χ1n) is 12.4. The van der Waals surface area contributed by atoms with Crippen LogP contribution in [0.4, 0.5) is 16.0 Å². The second-order valence-corrected chi connectivity index (χ2v) is 8.97. The number of aromatic nitrogens is 5. The monoisotopic (exact) mass is 575 g/mol. The Morgan fingerprint density at radius 1 is 0.976 bits per heavy atom. The predicted octanol–water partition coefficient (Wildman–Crippen LogP) is 0.597. The van der Waals surface area contributed by atoms with Gasteiger partial charge in [0.15, 0.2) is 5.65 Å². The summed E-state index contributed by atoms with van der Waals surface area (Å²) in [5.41, 5.74) is 12.2. The van der Waals surface area contributed by atoms with Gasteiger partial charge in [-0.2, -0.15) is 9.37 Å². The molecule has 0 saturated carbocycles. The van der Waals surface area contributed by atoms with Gasteiger partial charge in [-0.05, 0) is 36.8 Å². The molecule has 0 fully saturated rings. The molecule has 0 bridgehead atoms. The summed E-state index contributed by atoms with van der Waals surface area (Å²) < 4.78 is 13.1. The number of anilines is 2. The maximum Gasteiger partial charge on any atom is 0.326 e. The fraction of sp³-hybridized carbons (Fsp3) is 0.192. The van der Waals surface area contributed by atoms with E-state index in [2.05, 4.69) is 41.1 Å². The van der Waals surface area contributed by atoms with Crippen LogP contribution < -0.4 is 26.8 Å². The van der Waals surface area contributed by atoms with E-state index in [1.807, 2.05) is 11.9 Å². The minimum absolute atomic E-state index is 0.0702. The lowest BCUT2D eigenvalue weighted by Gasteiger charge is -2.19. The van der Waals surface area contributed by atoms with Gasteiger partial charge in [0.25, 0.3) is 11.8 Å². The van der Waals surface area contributed by atoms with Crippen LogP contribution in [0.3, 0.4) is 0 Å². The summed E-state index contributed by atoms with van der Waals surface area (Å²) in [6, 6.07) is 7.20. The van der Waals surface area contributed by atoms with Gasteiger partial charge in [0.05, 0.1) is 24.6 Å². The van der Waals surface area contributed by atoms with Crippen LogP contribution >= 0.6 is 0 Å². The highest BCUT2D eigenvalue weighted by Gasteiger charge is 2.22. The topological polar surface area (TPSA) is 218 Å². The molecular weight excluding hydrogens is 550 g/mol. The number of halogens is 1. The molecule has 0 aliphatic carbocycles. The van der Waals surface area contributed by atoms with Crippen molar-refractivity contribution in [2.45, 2.75) is 25.4 Å². The molecule has 0 aliphatic heterocycles. The third-order valence-electron chi connectivity index (χ3n) is 5.91. The Kier molecular flexibility index (Phi) is 9.06. The summed E-state index contributed by atoms with van der Waals surface area (Å²) in [6.07, 6.45) is 3.58. The highest BCUT2D eigenvalue weighted by molar-refractivity contribution is 5.97. The largest absolute Gasteiger partial charge is 0.480 e. The Labute approximate surface area is 237 Å². The number of carbonyl (C=O) groups is 4. The number of hydrogen-bond donors (Lipinski definition) is 5. The third kappa shape index (κ3) is 7.65. The van der Waals surface area contributed by atoms with Gasteiger partial charge >= 0.3 is 5.97 Å². The maximum atomic E-state index is 13.1. The Morgan fingerprint density at radius 3 is 2.45 bits per heavy atom. The SMILES string of the molecule is CN(Cc1cnc2nc(N)ncc2n1)c1ccc(C(=O)NC(CCC(=O)NNC(=O)c2ccnc([18F])c2)C(=O)O)cc1. The lowest BCUT2D eigenvalue weighted by atomic mass is 10.1. The number of carbonyl (C=O) groups excluding carboxylic acids is 3. The molecule has 4 aromatic rings. The van der Waals surface area contributed by atoms with E-state index in [0.29, 0.717) is 23.4 Å². The lowest BCUT2D eigenvalue weighted by Crippen LogP contribution is -2.44. The zero-order chi connectivity index (χ0) is 30.2. The fourth-order valence-electron chi connectivity index (χ4n) is 3.73. The van der Waals surface area contributed by atoms with E-state index < -0.39 is 35.7 Å². The van der Waals surface area contributed by atoms with Gasteiger partial charge in [-0.25, -0.2) is 24.7 Å². The summed E-state index contributed by atoms with van der Waals surface area (Å²) in [7, 11) is 1.82. The number of nitrogens with two attached hydrogens (primary N) is 1. The van der Waals surface area contributed by atoms with Gasteiger partial charge in [-0.3, -0.25) is 25.2 Å². The zero-order valence-electron chi connectivity index (χ0n) is 22.1. The second kappa shape index (κ2) is 13.0. The quantitative estimate of drug-likeness (QED) is 0.130. The maximum absolute atomic E-state index is 13.1. The first kappa shape index (κ1) is 29.2. The number of carboxylic acids is 1. The molecule has 0 aliphatic rings. The number of rotatable bonds is 10. The molecule has 1 aromatic carbocycles. The standard InChI is InChI=1S/C26H25FN10O5/c1-37(13-16-11-30-22-19(32-16)12-31-26(28)34-22)17-4-2-14(3-5-17)23(39)33-18(25(41)42)6-7-21(38)35-36-24(40)15-8-9-29-20(27)10-15/h2-5,8-12,18H,6-7,13H2,1H3,(H,33,39)(H,35,38)(H,36,40)(H,41,42)(H2,28,30,31,34)/i27-1. The van der Waals surface area contributed by atoms with Gasteiger partial charge < -0.3 is 21.1 Å². The first-order chi connectivity index (χ1) is 20.1. The zero-order valence-corrected chi connectivity index (χ0v) is 22.1. The van der Waals surface area contributed by atoms with Crippen molar-refractivity contribution in [2.24, 2.45) is 0 Å². The normalized spacial score (nSPS) is 11.4. The van der Waals surface area contributed by atoms with Gasteiger partial charge in [-0.1, -0.05) is 0 Å². The summed E-state index contributed by atoms with van der Waals surface area (Å²) in [4.78, 5) is 70.3. The minimum Gasteiger partial charge on any atom is -0.480 e. The van der Waals surface area contributed by atoms with Crippen molar-refractivity contribution in [3.8, 4) is 0 Å². The predicted molar refractivity (Wildman–Crippen MR) is 146 cm³/mol. The molecule has 1 atom stereocenters. The van der Waals surface area contributed by atoms with Gasteiger partial charge in [0.2, 0.25) is 17.8 Å². The van der Waals surface area contributed by atoms with Crippen LogP contribution in [0.25, 0.3) is 11.2 Å². The summed E-state index contributed by atoms with van der Waals surface area (Å²) in [5.74, 6) is -4.24. The van der Waals surface area contributed by atoms with Gasteiger partial charge in [0.1, 0.15) is 11.6 Å². The van der Waals surface area contributed by atoms with E-state index in [9.17, 15) is 28.7 Å². The Bertz CT molecular complexity index is 1640. The number of pyridine rings is 1. The van der Waals surface area contributed by atoms with E-state index in [4.69, 9.17) is 5.73 Å². The molecule has 4 rings (SSSR count). The first-order valence-corrected chi connectivity index (χ1v) is 12.4. The van der Waals surface area contributed by atoms with Crippen molar-refractivity contribution >= 4 is 46.5 Å². The highest BCUT2D eigenvalue weighted by atomic mass is 18.2. The number of benzene rings is 1. The Balaban J connectivity index is 1.28. The van der Waals surface area contributed by atoms with Crippen LogP contribution in [-0.4, -0.2) is 66.8 Å². The van der Waals surface area contributed by atoms with E-state index in [0.717, 1.165) is 18.0 Å². The fourth-order valence-corrected chi connectivity index (χ4v) is 3.73. The van der Waals surface area contributed by atoms with Crippen molar-refractivity contribution in [2.75, 3.05) is 17.7 Å². The smallest absolute Gasteiger partial charge is 0.326 e. The molecule has 1 unspecified atom stereocenters. The molecule has 15 nitrogen and oxygen atoms in total. The van der Waals surface area contributed by atoms with Crippen LogP contribution in [0.1, 0.15) is 39.3 Å². The van der Waals surface area contributed by atoms with Crippen molar-refractivity contribution < 1.29 is 28.7 Å². The van der Waals surface area contributed by atoms with Gasteiger partial charge in [-0.15, -0.1) is 0 Å². The summed E-state index contributed by atoms with van der Waals surface area (Å²) >= 11 is 0. The van der Waals surface area contributed by atoms with Crippen LogP contribution in [-0.2, 0) is 16.1 Å². The van der Waals surface area contributed by atoms with Crippen LogP contribution in [0.5, 0.6) is 0 Å².